The van der Waals surface area contributed by atoms with Gasteiger partial charge in [-0.1, -0.05) is 24.3 Å². The Morgan fingerprint density at radius 2 is 1.78 bits per heavy atom. The van der Waals surface area contributed by atoms with Crippen molar-refractivity contribution in [1.82, 2.24) is 9.38 Å². The van der Waals surface area contributed by atoms with E-state index in [1.165, 1.54) is 0 Å². The van der Waals surface area contributed by atoms with E-state index in [1.807, 2.05) is 54.7 Å². The van der Waals surface area contributed by atoms with Gasteiger partial charge in [0.15, 0.2) is 0 Å². The number of hydrogen-bond acceptors (Lipinski definition) is 4. The van der Waals surface area contributed by atoms with E-state index in [0.717, 1.165) is 33.8 Å². The molecule has 0 saturated carbocycles. The van der Waals surface area contributed by atoms with Gasteiger partial charge in [0.2, 0.25) is 0 Å². The molecule has 0 spiro atoms. The van der Waals surface area contributed by atoms with Crippen LogP contribution < -0.4 is 5.32 Å². The van der Waals surface area contributed by atoms with E-state index in [9.17, 15) is 10.1 Å². The van der Waals surface area contributed by atoms with Gasteiger partial charge in [0, 0.05) is 29.6 Å². The lowest BCUT2D eigenvalue weighted by Crippen LogP contribution is -2.37. The summed E-state index contributed by atoms with van der Waals surface area (Å²) in [6.07, 6.45) is 2.00. The van der Waals surface area contributed by atoms with Crippen molar-refractivity contribution < 1.29 is 4.92 Å². The first kappa shape index (κ1) is 15.6. The number of anilines is 1. The topological polar surface area (TPSA) is 72.5 Å². The highest BCUT2D eigenvalue weighted by molar-refractivity contribution is 5.84. The summed E-state index contributed by atoms with van der Waals surface area (Å²) in [6, 6.07) is 20.7. The van der Waals surface area contributed by atoms with Crippen LogP contribution in [-0.4, -0.2) is 14.3 Å². The van der Waals surface area contributed by atoms with Gasteiger partial charge in [-0.3, -0.25) is 10.1 Å². The Hall–Kier alpha value is -3.67. The minimum atomic E-state index is -0.584. The van der Waals surface area contributed by atoms with Crippen molar-refractivity contribution in [3.8, 4) is 11.3 Å². The van der Waals surface area contributed by atoms with Crippen molar-refractivity contribution in [1.29, 1.82) is 0 Å². The molecule has 132 valence electrons. The van der Waals surface area contributed by atoms with Gasteiger partial charge >= 0.3 is 0 Å². The Balaban J connectivity index is 1.81. The number of hydrogen-bond donors (Lipinski definition) is 1. The summed E-state index contributed by atoms with van der Waals surface area (Å²) >= 11 is 0. The minimum absolute atomic E-state index is 0.0805. The highest BCUT2D eigenvalue weighted by Gasteiger charge is 2.40. The van der Waals surface area contributed by atoms with Crippen LogP contribution in [-0.2, 0) is 5.54 Å². The molecule has 1 aliphatic heterocycles. The number of fused-ring (bicyclic) bond motifs is 5. The highest BCUT2D eigenvalue weighted by atomic mass is 16.6. The molecule has 2 aromatic heterocycles. The Labute approximate surface area is 155 Å². The zero-order valence-electron chi connectivity index (χ0n) is 14.6. The average Bonchev–Trinajstić information content (AvgIpc) is 3.09. The van der Waals surface area contributed by atoms with E-state index in [0.29, 0.717) is 0 Å². The fourth-order valence-corrected chi connectivity index (χ4v) is 3.91. The molecular formula is C21H16N4O2. The predicted octanol–water partition coefficient (Wildman–Crippen LogP) is 4.60. The molecule has 1 unspecified atom stereocenters. The maximum absolute atomic E-state index is 11.0. The van der Waals surface area contributed by atoms with Crippen LogP contribution in [0.5, 0.6) is 0 Å². The third-order valence-corrected chi connectivity index (χ3v) is 5.23. The molecule has 6 heteroatoms. The van der Waals surface area contributed by atoms with Crippen LogP contribution in [0.4, 0.5) is 11.4 Å². The van der Waals surface area contributed by atoms with E-state index in [-0.39, 0.29) is 10.6 Å². The van der Waals surface area contributed by atoms with Gasteiger partial charge in [-0.25, -0.2) is 4.98 Å². The summed E-state index contributed by atoms with van der Waals surface area (Å²) in [5.41, 5.74) is 5.30. The summed E-state index contributed by atoms with van der Waals surface area (Å²) in [5, 5.41) is 14.7. The molecule has 27 heavy (non-hydrogen) atoms. The number of pyridine rings is 1. The number of benzene rings is 2. The first-order valence-corrected chi connectivity index (χ1v) is 8.68. The summed E-state index contributed by atoms with van der Waals surface area (Å²) in [6.45, 7) is 2.09. The molecule has 1 atom stereocenters. The van der Waals surface area contributed by atoms with Gasteiger partial charge in [-0.05, 0) is 42.8 Å². The molecule has 1 N–H and O–H groups in total. The molecule has 5 rings (SSSR count). The smallest absolute Gasteiger partial charge is 0.269 e. The maximum Gasteiger partial charge on any atom is 0.269 e. The average molecular weight is 356 g/mol. The van der Waals surface area contributed by atoms with Gasteiger partial charge in [0.25, 0.3) is 5.69 Å². The summed E-state index contributed by atoms with van der Waals surface area (Å²) < 4.78 is 2.08. The van der Waals surface area contributed by atoms with Crippen molar-refractivity contribution in [2.24, 2.45) is 0 Å². The molecule has 0 aliphatic carbocycles. The zero-order chi connectivity index (χ0) is 18.6. The molecule has 0 saturated heterocycles. The second-order valence-corrected chi connectivity index (χ2v) is 6.84. The first-order valence-electron chi connectivity index (χ1n) is 8.68. The molecule has 6 nitrogen and oxygen atoms in total. The Morgan fingerprint density at radius 1 is 1.04 bits per heavy atom. The largest absolute Gasteiger partial charge is 0.370 e. The van der Waals surface area contributed by atoms with Crippen molar-refractivity contribution in [3.63, 3.8) is 0 Å². The number of nitrogens with zero attached hydrogens (tertiary/aromatic N) is 3. The summed E-state index contributed by atoms with van der Waals surface area (Å²) in [4.78, 5) is 15.5. The molecule has 0 radical (unpaired) electrons. The molecule has 2 aromatic carbocycles. The predicted molar refractivity (Wildman–Crippen MR) is 104 cm³/mol. The van der Waals surface area contributed by atoms with Crippen LogP contribution in [0.15, 0.2) is 72.9 Å². The van der Waals surface area contributed by atoms with Crippen molar-refractivity contribution >= 4 is 17.0 Å². The van der Waals surface area contributed by atoms with Crippen molar-refractivity contribution in [2.75, 3.05) is 5.32 Å². The molecule has 0 fully saturated rings. The van der Waals surface area contributed by atoms with Gasteiger partial charge in [0.1, 0.15) is 11.2 Å². The number of para-hydroxylation sites is 1. The number of nitrogens with one attached hydrogen (secondary N) is 1. The Morgan fingerprint density at radius 3 is 2.56 bits per heavy atom. The van der Waals surface area contributed by atoms with E-state index in [2.05, 4.69) is 22.7 Å². The van der Waals surface area contributed by atoms with Crippen LogP contribution in [0.1, 0.15) is 18.2 Å². The molecule has 4 aromatic rings. The lowest BCUT2D eigenvalue weighted by atomic mass is 9.82. The highest BCUT2D eigenvalue weighted by Crippen LogP contribution is 2.46. The number of non-ortho nitro benzene ring substituents is 1. The molecule has 3 heterocycles. The van der Waals surface area contributed by atoms with Gasteiger partial charge < -0.3 is 9.72 Å². The SMILES string of the molecule is CC1(c2ccc([N+](=O)[O-])cc2)Nc2ccccc2-c2nc3ccccn3c21. The minimum Gasteiger partial charge on any atom is -0.370 e. The lowest BCUT2D eigenvalue weighted by molar-refractivity contribution is -0.384. The second-order valence-electron chi connectivity index (χ2n) is 6.84. The first-order chi connectivity index (χ1) is 13.1. The Bertz CT molecular complexity index is 1200. The fraction of sp³-hybridized carbons (Fsp3) is 0.0952. The van der Waals surface area contributed by atoms with Crippen LogP contribution in [0.2, 0.25) is 0 Å². The van der Waals surface area contributed by atoms with Crippen LogP contribution in [0.3, 0.4) is 0 Å². The van der Waals surface area contributed by atoms with E-state index in [1.54, 1.807) is 12.1 Å². The standard InChI is InChI=1S/C21H16N4O2/c1-21(14-9-11-15(12-10-14)25(26)27)20-19(16-6-2-3-7-17(16)23-21)22-18-8-4-5-13-24(18)20/h2-13,23H,1H3. The van der Waals surface area contributed by atoms with E-state index >= 15 is 0 Å². The van der Waals surface area contributed by atoms with E-state index in [4.69, 9.17) is 4.98 Å². The zero-order valence-corrected chi connectivity index (χ0v) is 14.6. The second kappa shape index (κ2) is 5.41. The van der Waals surface area contributed by atoms with Crippen LogP contribution in [0.25, 0.3) is 16.9 Å². The van der Waals surface area contributed by atoms with Crippen molar-refractivity contribution in [2.45, 2.75) is 12.5 Å². The molecule has 0 amide bonds. The number of aromatic nitrogens is 2. The third-order valence-electron chi connectivity index (χ3n) is 5.23. The van der Waals surface area contributed by atoms with Gasteiger partial charge in [0.05, 0.1) is 16.3 Å². The monoisotopic (exact) mass is 356 g/mol. The van der Waals surface area contributed by atoms with Crippen molar-refractivity contribution in [3.05, 3.63) is 94.3 Å². The quantitative estimate of drug-likeness (QED) is 0.421. The molecular weight excluding hydrogens is 340 g/mol. The summed E-state index contributed by atoms with van der Waals surface area (Å²) in [7, 11) is 0. The van der Waals surface area contributed by atoms with Crippen LogP contribution in [0, 0.1) is 10.1 Å². The molecule has 1 aliphatic rings. The lowest BCUT2D eigenvalue weighted by Gasteiger charge is -2.37. The number of imidazole rings is 1. The Kier molecular flexibility index (Phi) is 3.12. The van der Waals surface area contributed by atoms with E-state index < -0.39 is 5.54 Å². The van der Waals surface area contributed by atoms with Gasteiger partial charge in [-0.15, -0.1) is 0 Å². The summed E-state index contributed by atoms with van der Waals surface area (Å²) in [5.74, 6) is 0. The molecule has 0 bridgehead atoms. The van der Waals surface area contributed by atoms with Crippen LogP contribution >= 0.6 is 0 Å². The number of rotatable bonds is 2. The third kappa shape index (κ3) is 2.16. The maximum atomic E-state index is 11.0. The fourth-order valence-electron chi connectivity index (χ4n) is 3.91. The van der Waals surface area contributed by atoms with Gasteiger partial charge in [-0.2, -0.15) is 0 Å². The normalized spacial score (nSPS) is 17.8. The number of nitro benzene ring substituents is 1. The number of nitro groups is 1.